The molecule has 0 aliphatic heterocycles. The summed E-state index contributed by atoms with van der Waals surface area (Å²) < 4.78 is 1.73. The fourth-order valence-electron chi connectivity index (χ4n) is 1.73. The number of aliphatic carboxylic acids is 1. The third kappa shape index (κ3) is 4.31. The lowest BCUT2D eigenvalue weighted by molar-refractivity contribution is -0.144. The van der Waals surface area contributed by atoms with Crippen molar-refractivity contribution in [1.29, 1.82) is 0 Å². The number of carbonyl (C=O) groups is 1. The predicted octanol–water partition coefficient (Wildman–Crippen LogP) is 2.16. The van der Waals surface area contributed by atoms with Crippen molar-refractivity contribution in [2.75, 3.05) is 6.54 Å². The van der Waals surface area contributed by atoms with Gasteiger partial charge in [0.1, 0.15) is 5.54 Å². The van der Waals surface area contributed by atoms with Gasteiger partial charge in [-0.2, -0.15) is 5.10 Å². The van der Waals surface area contributed by atoms with Gasteiger partial charge in [-0.3, -0.25) is 9.48 Å². The summed E-state index contributed by atoms with van der Waals surface area (Å²) in [6, 6.07) is 0. The first-order valence-electron chi connectivity index (χ1n) is 6.14. The van der Waals surface area contributed by atoms with Crippen LogP contribution < -0.4 is 5.32 Å². The number of nitrogens with zero attached hydrogens (tertiary/aromatic N) is 2. The second kappa shape index (κ2) is 6.75. The fourth-order valence-corrected chi connectivity index (χ4v) is 1.88. The van der Waals surface area contributed by atoms with E-state index in [9.17, 15) is 9.90 Å². The van der Waals surface area contributed by atoms with E-state index in [2.05, 4.69) is 10.4 Å². The molecule has 5 nitrogen and oxygen atoms in total. The van der Waals surface area contributed by atoms with Crippen LogP contribution in [0.5, 0.6) is 0 Å². The predicted molar refractivity (Wildman–Crippen MR) is 70.8 cm³/mol. The average Bonchev–Trinajstić information content (AvgIpc) is 2.72. The molecule has 0 amide bonds. The minimum Gasteiger partial charge on any atom is -0.480 e. The highest BCUT2D eigenvalue weighted by Crippen LogP contribution is 2.14. The van der Waals surface area contributed by atoms with Crippen molar-refractivity contribution in [3.63, 3.8) is 0 Å². The monoisotopic (exact) mass is 273 g/mol. The summed E-state index contributed by atoms with van der Waals surface area (Å²) in [6.07, 6.45) is 5.52. The molecule has 1 rings (SSSR count). The fraction of sp³-hybridized carbons (Fsp3) is 0.667. The molecule has 1 heterocycles. The van der Waals surface area contributed by atoms with E-state index in [0.717, 1.165) is 12.8 Å². The molecule has 0 saturated carbocycles. The molecule has 0 fully saturated rings. The SMILES string of the molecule is CCCNC(C)(CCCn1cc(Cl)cn1)C(=O)O. The van der Waals surface area contributed by atoms with Crippen molar-refractivity contribution >= 4 is 17.6 Å². The number of halogens is 1. The summed E-state index contributed by atoms with van der Waals surface area (Å²) in [5, 5.41) is 17.0. The van der Waals surface area contributed by atoms with Gasteiger partial charge in [0.15, 0.2) is 0 Å². The maximum absolute atomic E-state index is 11.3. The lowest BCUT2D eigenvalue weighted by Gasteiger charge is -2.26. The normalized spacial score (nSPS) is 14.4. The van der Waals surface area contributed by atoms with Crippen molar-refractivity contribution in [1.82, 2.24) is 15.1 Å². The zero-order valence-electron chi connectivity index (χ0n) is 10.8. The Labute approximate surface area is 112 Å². The highest BCUT2D eigenvalue weighted by Gasteiger charge is 2.31. The van der Waals surface area contributed by atoms with E-state index in [4.69, 9.17) is 11.6 Å². The highest BCUT2D eigenvalue weighted by atomic mass is 35.5. The van der Waals surface area contributed by atoms with Gasteiger partial charge in [-0.15, -0.1) is 0 Å². The maximum Gasteiger partial charge on any atom is 0.323 e. The molecular formula is C12H20ClN3O2. The summed E-state index contributed by atoms with van der Waals surface area (Å²) in [5.41, 5.74) is -0.868. The zero-order valence-corrected chi connectivity index (χ0v) is 11.6. The van der Waals surface area contributed by atoms with Crippen molar-refractivity contribution in [2.45, 2.75) is 45.2 Å². The van der Waals surface area contributed by atoms with E-state index in [1.165, 1.54) is 0 Å². The number of hydrogen-bond acceptors (Lipinski definition) is 3. The van der Waals surface area contributed by atoms with Crippen molar-refractivity contribution in [2.24, 2.45) is 0 Å². The molecule has 0 saturated heterocycles. The average molecular weight is 274 g/mol. The van der Waals surface area contributed by atoms with Gasteiger partial charge in [0, 0.05) is 12.7 Å². The van der Waals surface area contributed by atoms with Gasteiger partial charge in [0.05, 0.1) is 11.2 Å². The second-order valence-corrected chi connectivity index (χ2v) is 5.03. The third-order valence-electron chi connectivity index (χ3n) is 2.90. The van der Waals surface area contributed by atoms with E-state index in [1.807, 2.05) is 6.92 Å². The molecule has 0 aromatic carbocycles. The molecule has 1 aromatic rings. The number of nitrogens with one attached hydrogen (secondary N) is 1. The molecule has 1 aromatic heterocycles. The Hall–Kier alpha value is -1.07. The van der Waals surface area contributed by atoms with Crippen LogP contribution in [0.2, 0.25) is 5.02 Å². The zero-order chi connectivity index (χ0) is 13.6. The van der Waals surface area contributed by atoms with E-state index in [1.54, 1.807) is 24.0 Å². The molecular weight excluding hydrogens is 254 g/mol. The van der Waals surface area contributed by atoms with Crippen LogP contribution in [-0.2, 0) is 11.3 Å². The molecule has 0 aliphatic carbocycles. The number of hydrogen-bond donors (Lipinski definition) is 2. The van der Waals surface area contributed by atoms with E-state index in [0.29, 0.717) is 24.5 Å². The highest BCUT2D eigenvalue weighted by molar-refractivity contribution is 6.30. The Morgan fingerprint density at radius 2 is 2.39 bits per heavy atom. The van der Waals surface area contributed by atoms with Crippen molar-refractivity contribution < 1.29 is 9.90 Å². The van der Waals surface area contributed by atoms with Gasteiger partial charge in [0.25, 0.3) is 0 Å². The topological polar surface area (TPSA) is 67.2 Å². The Balaban J connectivity index is 2.44. The van der Waals surface area contributed by atoms with E-state index >= 15 is 0 Å². The van der Waals surface area contributed by atoms with Gasteiger partial charge in [-0.25, -0.2) is 0 Å². The van der Waals surface area contributed by atoms with E-state index < -0.39 is 11.5 Å². The molecule has 0 bridgehead atoms. The minimum atomic E-state index is -0.868. The van der Waals surface area contributed by atoms with Gasteiger partial charge < -0.3 is 10.4 Å². The number of aromatic nitrogens is 2. The van der Waals surface area contributed by atoms with Crippen LogP contribution in [0.4, 0.5) is 0 Å². The molecule has 0 aliphatic rings. The van der Waals surface area contributed by atoms with Gasteiger partial charge >= 0.3 is 5.97 Å². The number of carboxylic acids is 1. The maximum atomic E-state index is 11.3. The van der Waals surface area contributed by atoms with E-state index in [-0.39, 0.29) is 0 Å². The van der Waals surface area contributed by atoms with Gasteiger partial charge in [0.2, 0.25) is 0 Å². The number of rotatable bonds is 8. The van der Waals surface area contributed by atoms with Crippen LogP contribution in [-0.4, -0.2) is 32.9 Å². The lowest BCUT2D eigenvalue weighted by atomic mass is 9.95. The molecule has 1 atom stereocenters. The van der Waals surface area contributed by atoms with Gasteiger partial charge in [-0.1, -0.05) is 18.5 Å². The standard InChI is InChI=1S/C12H20ClN3O2/c1-3-6-14-12(2,11(17)18)5-4-7-16-9-10(13)8-15-16/h8-9,14H,3-7H2,1-2H3,(H,17,18). The number of aryl methyl sites for hydroxylation is 1. The third-order valence-corrected chi connectivity index (χ3v) is 3.10. The second-order valence-electron chi connectivity index (χ2n) is 4.59. The smallest absolute Gasteiger partial charge is 0.323 e. The van der Waals surface area contributed by atoms with Gasteiger partial charge in [-0.05, 0) is 32.7 Å². The molecule has 1 unspecified atom stereocenters. The first-order chi connectivity index (χ1) is 8.48. The van der Waals surface area contributed by atoms with Crippen LogP contribution in [0.15, 0.2) is 12.4 Å². The summed E-state index contributed by atoms with van der Waals surface area (Å²) in [6.45, 7) is 5.11. The lowest BCUT2D eigenvalue weighted by Crippen LogP contribution is -2.49. The summed E-state index contributed by atoms with van der Waals surface area (Å²) >= 11 is 5.76. The summed E-state index contributed by atoms with van der Waals surface area (Å²) in [5.74, 6) is -0.811. The Kier molecular flexibility index (Phi) is 5.62. The molecule has 0 spiro atoms. The molecule has 6 heteroatoms. The molecule has 102 valence electrons. The van der Waals surface area contributed by atoms with Crippen LogP contribution in [0.1, 0.15) is 33.1 Å². The van der Waals surface area contributed by atoms with Crippen molar-refractivity contribution in [3.05, 3.63) is 17.4 Å². The van der Waals surface area contributed by atoms with Crippen LogP contribution in [0.3, 0.4) is 0 Å². The first kappa shape index (κ1) is 15.0. The van der Waals surface area contributed by atoms with Crippen molar-refractivity contribution in [3.8, 4) is 0 Å². The minimum absolute atomic E-state index is 0.555. The molecule has 0 radical (unpaired) electrons. The summed E-state index contributed by atoms with van der Waals surface area (Å²) in [4.78, 5) is 11.3. The Morgan fingerprint density at radius 1 is 1.67 bits per heavy atom. The van der Waals surface area contributed by atoms with Crippen LogP contribution in [0.25, 0.3) is 0 Å². The summed E-state index contributed by atoms with van der Waals surface area (Å²) in [7, 11) is 0. The Bertz CT molecular complexity index is 394. The van der Waals surface area contributed by atoms with Crippen LogP contribution in [0, 0.1) is 0 Å². The Morgan fingerprint density at radius 3 is 2.89 bits per heavy atom. The first-order valence-corrected chi connectivity index (χ1v) is 6.52. The molecule has 18 heavy (non-hydrogen) atoms. The largest absolute Gasteiger partial charge is 0.480 e. The number of carboxylic acid groups (broad SMARTS) is 1. The van der Waals surface area contributed by atoms with Crippen LogP contribution >= 0.6 is 11.6 Å². The molecule has 2 N–H and O–H groups in total. The quantitative estimate of drug-likeness (QED) is 0.762.